The highest BCUT2D eigenvalue weighted by molar-refractivity contribution is 7.88. The van der Waals surface area contributed by atoms with E-state index in [-0.39, 0.29) is 12.2 Å². The van der Waals surface area contributed by atoms with Crippen molar-refractivity contribution in [2.75, 3.05) is 18.1 Å². The molecule has 1 aliphatic carbocycles. The molecule has 1 aliphatic rings. The number of hydrogen-bond acceptors (Lipinski definition) is 6. The van der Waals surface area contributed by atoms with Crippen LogP contribution in [0, 0.1) is 12.8 Å². The number of para-hydroxylation sites is 1. The highest BCUT2D eigenvalue weighted by atomic mass is 32.2. The van der Waals surface area contributed by atoms with Crippen LogP contribution in [0.1, 0.15) is 53.9 Å². The molecule has 8 heteroatoms. The van der Waals surface area contributed by atoms with Gasteiger partial charge in [-0.05, 0) is 37.8 Å². The van der Waals surface area contributed by atoms with Crippen LogP contribution in [0.2, 0.25) is 0 Å². The van der Waals surface area contributed by atoms with Gasteiger partial charge in [0, 0.05) is 17.1 Å². The summed E-state index contributed by atoms with van der Waals surface area (Å²) in [6, 6.07) is 9.55. The molecule has 0 saturated heterocycles. The first-order valence-corrected chi connectivity index (χ1v) is 12.3. The Morgan fingerprint density at radius 1 is 1.25 bits per heavy atom. The fourth-order valence-electron chi connectivity index (χ4n) is 3.65. The molecule has 1 saturated carbocycles. The lowest BCUT2D eigenvalue weighted by Crippen LogP contribution is -2.37. The largest absolute Gasteiger partial charge is 0.332 e. The molecule has 152 valence electrons. The van der Waals surface area contributed by atoms with Crippen LogP contribution in [0.4, 0.5) is 10.8 Å². The number of nitrogens with one attached hydrogen (secondary N) is 1. The van der Waals surface area contributed by atoms with Gasteiger partial charge >= 0.3 is 0 Å². The maximum Gasteiger partial charge on any atom is 0.287 e. The zero-order chi connectivity index (χ0) is 20.1. The van der Waals surface area contributed by atoms with E-state index in [1.807, 2.05) is 30.3 Å². The maximum absolute atomic E-state index is 13.0. The molecule has 0 unspecified atom stereocenters. The normalized spacial score (nSPS) is 14.9. The van der Waals surface area contributed by atoms with Gasteiger partial charge in [0.1, 0.15) is 5.69 Å². The van der Waals surface area contributed by atoms with Crippen molar-refractivity contribution >= 4 is 38.1 Å². The van der Waals surface area contributed by atoms with E-state index < -0.39 is 15.9 Å². The van der Waals surface area contributed by atoms with E-state index in [9.17, 15) is 13.2 Å². The Labute approximate surface area is 171 Å². The van der Waals surface area contributed by atoms with E-state index in [2.05, 4.69) is 10.3 Å². The molecule has 2 aromatic rings. The summed E-state index contributed by atoms with van der Waals surface area (Å²) in [5.41, 5.74) is 1.07. The molecule has 1 aromatic heterocycles. The number of aromatic nitrogens is 1. The van der Waals surface area contributed by atoms with Gasteiger partial charge in [-0.2, -0.15) is 0 Å². The number of carbonyl (C=O) groups is 1. The van der Waals surface area contributed by atoms with Gasteiger partial charge in [-0.25, -0.2) is 17.7 Å². The average Bonchev–Trinajstić information content (AvgIpc) is 3.28. The first-order chi connectivity index (χ1) is 13.3. The van der Waals surface area contributed by atoms with Crippen molar-refractivity contribution in [2.24, 2.45) is 5.92 Å². The van der Waals surface area contributed by atoms with Gasteiger partial charge in [-0.15, -0.1) is 11.3 Å². The summed E-state index contributed by atoms with van der Waals surface area (Å²) in [5.74, 6) is 0.128. The smallest absolute Gasteiger partial charge is 0.287 e. The number of carbonyl (C=O) groups excluding carboxylic acids is 1. The molecule has 1 heterocycles. The third kappa shape index (κ3) is 5.32. The molecule has 6 nitrogen and oxygen atoms in total. The second kappa shape index (κ2) is 9.05. The molecule has 0 aliphatic heterocycles. The molecule has 0 atom stereocenters. The summed E-state index contributed by atoms with van der Waals surface area (Å²) >= 11 is 1.35. The molecular weight excluding hydrogens is 394 g/mol. The van der Waals surface area contributed by atoms with Crippen molar-refractivity contribution in [2.45, 2.75) is 45.4 Å². The van der Waals surface area contributed by atoms with E-state index >= 15 is 0 Å². The number of anilines is 2. The molecule has 1 amide bonds. The van der Waals surface area contributed by atoms with Gasteiger partial charge in [0.15, 0.2) is 5.13 Å². The Morgan fingerprint density at radius 3 is 2.57 bits per heavy atom. The fourth-order valence-corrected chi connectivity index (χ4v) is 5.33. The van der Waals surface area contributed by atoms with E-state index in [1.165, 1.54) is 37.0 Å². The summed E-state index contributed by atoms with van der Waals surface area (Å²) in [6.07, 6.45) is 7.70. The molecule has 1 aromatic carbocycles. The van der Waals surface area contributed by atoms with Crippen molar-refractivity contribution < 1.29 is 13.2 Å². The zero-order valence-corrected chi connectivity index (χ0v) is 18.0. The van der Waals surface area contributed by atoms with E-state index in [4.69, 9.17) is 0 Å². The van der Waals surface area contributed by atoms with Crippen LogP contribution in [0.15, 0.2) is 30.3 Å². The molecule has 0 spiro atoms. The van der Waals surface area contributed by atoms with Crippen LogP contribution in [-0.4, -0.2) is 36.4 Å². The van der Waals surface area contributed by atoms with Gasteiger partial charge in [0.05, 0.1) is 6.26 Å². The van der Waals surface area contributed by atoms with Crippen LogP contribution in [0.5, 0.6) is 0 Å². The Balaban J connectivity index is 1.71. The van der Waals surface area contributed by atoms with Crippen LogP contribution in [0.25, 0.3) is 0 Å². The lowest BCUT2D eigenvalue weighted by atomic mass is 10.0. The summed E-state index contributed by atoms with van der Waals surface area (Å²) in [6.45, 7) is 2.01. The van der Waals surface area contributed by atoms with Crippen LogP contribution in [-0.2, 0) is 10.0 Å². The molecule has 0 radical (unpaired) electrons. The maximum atomic E-state index is 13.0. The Hall–Kier alpha value is -1.93. The molecule has 28 heavy (non-hydrogen) atoms. The quantitative estimate of drug-likeness (QED) is 0.675. The number of benzene rings is 1. The Kier molecular flexibility index (Phi) is 6.72. The van der Waals surface area contributed by atoms with Crippen molar-refractivity contribution in [1.82, 2.24) is 9.29 Å². The van der Waals surface area contributed by atoms with Gasteiger partial charge < -0.3 is 5.32 Å². The predicted molar refractivity (Wildman–Crippen MR) is 114 cm³/mol. The molecule has 1 fully saturated rings. The van der Waals surface area contributed by atoms with Crippen molar-refractivity contribution in [3.63, 3.8) is 0 Å². The standard InChI is InChI=1S/C20H27N3O3S2/c1-15-18(22-20(27-15)21-17-12-4-3-5-13-17)19(24)23(28(2,25)26)14-8-11-16-9-6-7-10-16/h3-5,12-13,16H,6-11,14H2,1-2H3,(H,21,22). The molecular formula is C20H27N3O3S2. The SMILES string of the molecule is Cc1sc(Nc2ccccc2)nc1C(=O)N(CCCC1CCCC1)S(C)(=O)=O. The van der Waals surface area contributed by atoms with Crippen LogP contribution < -0.4 is 5.32 Å². The highest BCUT2D eigenvalue weighted by Crippen LogP contribution is 2.29. The second-order valence-electron chi connectivity index (χ2n) is 7.35. The molecule has 3 rings (SSSR count). The zero-order valence-electron chi connectivity index (χ0n) is 16.3. The second-order valence-corrected chi connectivity index (χ2v) is 10.5. The topological polar surface area (TPSA) is 79.4 Å². The van der Waals surface area contributed by atoms with Gasteiger partial charge in [0.2, 0.25) is 10.0 Å². The summed E-state index contributed by atoms with van der Waals surface area (Å²) in [4.78, 5) is 18.0. The minimum Gasteiger partial charge on any atom is -0.332 e. The monoisotopic (exact) mass is 421 g/mol. The van der Waals surface area contributed by atoms with Crippen LogP contribution >= 0.6 is 11.3 Å². The lowest BCUT2D eigenvalue weighted by Gasteiger charge is -2.20. The first kappa shape index (κ1) is 20.8. The lowest BCUT2D eigenvalue weighted by molar-refractivity contribution is 0.0854. The predicted octanol–water partition coefficient (Wildman–Crippen LogP) is 4.57. The van der Waals surface area contributed by atoms with Crippen molar-refractivity contribution in [1.29, 1.82) is 0 Å². The van der Waals surface area contributed by atoms with Crippen molar-refractivity contribution in [3.05, 3.63) is 40.9 Å². The Morgan fingerprint density at radius 2 is 1.93 bits per heavy atom. The number of thiazole rings is 1. The van der Waals surface area contributed by atoms with E-state index in [0.29, 0.717) is 22.3 Å². The van der Waals surface area contributed by atoms with Crippen LogP contribution in [0.3, 0.4) is 0 Å². The Bertz CT molecular complexity index is 904. The van der Waals surface area contributed by atoms with E-state index in [1.54, 1.807) is 6.92 Å². The highest BCUT2D eigenvalue weighted by Gasteiger charge is 2.28. The molecule has 0 bridgehead atoms. The minimum absolute atomic E-state index is 0.203. The third-order valence-electron chi connectivity index (χ3n) is 5.10. The average molecular weight is 422 g/mol. The number of amides is 1. The number of hydrogen-bond donors (Lipinski definition) is 1. The minimum atomic E-state index is -3.65. The third-order valence-corrected chi connectivity index (χ3v) is 7.13. The van der Waals surface area contributed by atoms with Gasteiger partial charge in [-0.1, -0.05) is 43.9 Å². The number of nitrogens with zero attached hydrogens (tertiary/aromatic N) is 2. The fraction of sp³-hybridized carbons (Fsp3) is 0.500. The van der Waals surface area contributed by atoms with Gasteiger partial charge in [-0.3, -0.25) is 4.79 Å². The number of aryl methyl sites for hydroxylation is 1. The number of rotatable bonds is 8. The van der Waals surface area contributed by atoms with Crippen molar-refractivity contribution in [3.8, 4) is 0 Å². The van der Waals surface area contributed by atoms with E-state index in [0.717, 1.165) is 22.7 Å². The molecule has 1 N–H and O–H groups in total. The first-order valence-electron chi connectivity index (χ1n) is 9.66. The number of sulfonamides is 1. The van der Waals surface area contributed by atoms with Gasteiger partial charge in [0.25, 0.3) is 5.91 Å². The summed E-state index contributed by atoms with van der Waals surface area (Å²) in [5, 5.41) is 3.74. The summed E-state index contributed by atoms with van der Waals surface area (Å²) < 4.78 is 25.5. The summed E-state index contributed by atoms with van der Waals surface area (Å²) in [7, 11) is -3.65.